The summed E-state index contributed by atoms with van der Waals surface area (Å²) in [5, 5.41) is 3.05. The van der Waals surface area contributed by atoms with Crippen molar-refractivity contribution in [2.75, 3.05) is 6.54 Å². The van der Waals surface area contributed by atoms with Crippen molar-refractivity contribution in [3.05, 3.63) is 0 Å². The first-order valence-corrected chi connectivity index (χ1v) is 6.51. The van der Waals surface area contributed by atoms with E-state index in [-0.39, 0.29) is 11.9 Å². The Morgan fingerprint density at radius 2 is 2.12 bits per heavy atom. The summed E-state index contributed by atoms with van der Waals surface area (Å²) in [4.78, 5) is 11.7. The number of amides is 1. The van der Waals surface area contributed by atoms with Gasteiger partial charge in [0.05, 0.1) is 0 Å². The van der Waals surface area contributed by atoms with Crippen molar-refractivity contribution in [1.82, 2.24) is 5.32 Å². The van der Waals surface area contributed by atoms with Crippen LogP contribution in [-0.4, -0.2) is 18.5 Å². The predicted molar refractivity (Wildman–Crippen MR) is 64.8 cm³/mol. The van der Waals surface area contributed by atoms with Crippen LogP contribution < -0.4 is 11.1 Å². The van der Waals surface area contributed by atoms with Gasteiger partial charge in [-0.15, -0.1) is 0 Å². The fourth-order valence-electron chi connectivity index (χ4n) is 2.79. The van der Waals surface area contributed by atoms with Crippen molar-refractivity contribution >= 4 is 5.91 Å². The van der Waals surface area contributed by atoms with Crippen LogP contribution in [0, 0.1) is 17.3 Å². The van der Waals surface area contributed by atoms with Crippen LogP contribution in [0.3, 0.4) is 0 Å². The molecule has 0 aromatic carbocycles. The standard InChI is InChI=1S/C13H24N2O/c1-13(2)7-10(13)8-15-12(16)6-9-4-3-5-11(9)14/h9-11H,3-8,14H2,1-2H3,(H,15,16)/t9-,10?,11+/m0/s1. The molecule has 0 aliphatic heterocycles. The second-order valence-corrected chi connectivity index (χ2v) is 6.25. The molecule has 0 radical (unpaired) electrons. The number of nitrogens with one attached hydrogen (secondary N) is 1. The van der Waals surface area contributed by atoms with Gasteiger partial charge in [0.15, 0.2) is 0 Å². The lowest BCUT2D eigenvalue weighted by atomic mass is 10.00. The predicted octanol–water partition coefficient (Wildman–Crippen LogP) is 1.67. The zero-order chi connectivity index (χ0) is 11.8. The Balaban J connectivity index is 1.65. The molecule has 0 aromatic heterocycles. The maximum atomic E-state index is 11.7. The number of hydrogen-bond donors (Lipinski definition) is 2. The molecule has 92 valence electrons. The summed E-state index contributed by atoms with van der Waals surface area (Å²) in [5.41, 5.74) is 6.41. The molecule has 3 atom stereocenters. The number of carbonyl (C=O) groups excluding carboxylic acids is 1. The fourth-order valence-corrected chi connectivity index (χ4v) is 2.79. The van der Waals surface area contributed by atoms with Crippen molar-refractivity contribution < 1.29 is 4.79 Å². The molecule has 2 fully saturated rings. The van der Waals surface area contributed by atoms with Gasteiger partial charge in [-0.2, -0.15) is 0 Å². The Labute approximate surface area is 98.2 Å². The van der Waals surface area contributed by atoms with Crippen molar-refractivity contribution in [3.63, 3.8) is 0 Å². The molecule has 0 bridgehead atoms. The van der Waals surface area contributed by atoms with Crippen LogP contribution in [0.4, 0.5) is 0 Å². The molecule has 16 heavy (non-hydrogen) atoms. The van der Waals surface area contributed by atoms with E-state index in [0.29, 0.717) is 23.7 Å². The smallest absolute Gasteiger partial charge is 0.220 e. The highest BCUT2D eigenvalue weighted by molar-refractivity contribution is 5.76. The van der Waals surface area contributed by atoms with Crippen LogP contribution in [0.5, 0.6) is 0 Å². The van der Waals surface area contributed by atoms with E-state index in [0.717, 1.165) is 19.4 Å². The maximum Gasteiger partial charge on any atom is 0.220 e. The summed E-state index contributed by atoms with van der Waals surface area (Å²) in [7, 11) is 0. The average Bonchev–Trinajstić information content (AvgIpc) is 2.61. The highest BCUT2D eigenvalue weighted by atomic mass is 16.1. The van der Waals surface area contributed by atoms with Crippen LogP contribution in [0.1, 0.15) is 46.0 Å². The Morgan fingerprint density at radius 1 is 1.44 bits per heavy atom. The summed E-state index contributed by atoms with van der Waals surface area (Å²) in [6.45, 7) is 5.38. The van der Waals surface area contributed by atoms with E-state index in [1.54, 1.807) is 0 Å². The Bertz CT molecular complexity index is 275. The van der Waals surface area contributed by atoms with Gasteiger partial charge >= 0.3 is 0 Å². The second-order valence-electron chi connectivity index (χ2n) is 6.25. The van der Waals surface area contributed by atoms with Crippen LogP contribution in [0.15, 0.2) is 0 Å². The SMILES string of the molecule is CC1(C)CC1CNC(=O)C[C@@H]1CCC[C@H]1N. The molecular formula is C13H24N2O. The Kier molecular flexibility index (Phi) is 3.24. The van der Waals surface area contributed by atoms with Gasteiger partial charge in [0.25, 0.3) is 0 Å². The van der Waals surface area contributed by atoms with Gasteiger partial charge in [-0.3, -0.25) is 4.79 Å². The van der Waals surface area contributed by atoms with Crippen LogP contribution in [-0.2, 0) is 4.79 Å². The van der Waals surface area contributed by atoms with E-state index in [4.69, 9.17) is 5.73 Å². The van der Waals surface area contributed by atoms with Gasteiger partial charge in [-0.05, 0) is 36.5 Å². The van der Waals surface area contributed by atoms with E-state index >= 15 is 0 Å². The number of rotatable bonds is 4. The third-order valence-corrected chi connectivity index (χ3v) is 4.43. The van der Waals surface area contributed by atoms with E-state index in [2.05, 4.69) is 19.2 Å². The van der Waals surface area contributed by atoms with Gasteiger partial charge in [-0.1, -0.05) is 20.3 Å². The number of hydrogen-bond acceptors (Lipinski definition) is 2. The van der Waals surface area contributed by atoms with Crippen molar-refractivity contribution in [3.8, 4) is 0 Å². The van der Waals surface area contributed by atoms with E-state index in [1.807, 2.05) is 0 Å². The zero-order valence-electron chi connectivity index (χ0n) is 10.5. The van der Waals surface area contributed by atoms with Crippen LogP contribution in [0.25, 0.3) is 0 Å². The minimum absolute atomic E-state index is 0.199. The molecule has 3 heteroatoms. The molecule has 0 spiro atoms. The first-order valence-electron chi connectivity index (χ1n) is 6.51. The van der Waals surface area contributed by atoms with E-state index < -0.39 is 0 Å². The van der Waals surface area contributed by atoms with Gasteiger partial charge < -0.3 is 11.1 Å². The lowest BCUT2D eigenvalue weighted by molar-refractivity contribution is -0.122. The number of nitrogens with two attached hydrogens (primary N) is 1. The maximum absolute atomic E-state index is 11.7. The molecule has 2 aliphatic rings. The van der Waals surface area contributed by atoms with Gasteiger partial charge in [0, 0.05) is 19.0 Å². The molecule has 3 N–H and O–H groups in total. The lowest BCUT2D eigenvalue weighted by Gasteiger charge is -2.15. The van der Waals surface area contributed by atoms with Crippen molar-refractivity contribution in [2.45, 2.75) is 52.0 Å². The summed E-state index contributed by atoms with van der Waals surface area (Å²) >= 11 is 0. The highest BCUT2D eigenvalue weighted by Gasteiger charge is 2.45. The monoisotopic (exact) mass is 224 g/mol. The fraction of sp³-hybridized carbons (Fsp3) is 0.923. The normalized spacial score (nSPS) is 36.1. The second kappa shape index (κ2) is 4.36. The van der Waals surface area contributed by atoms with Crippen LogP contribution in [0.2, 0.25) is 0 Å². The molecule has 0 saturated heterocycles. The molecule has 3 nitrogen and oxygen atoms in total. The first-order chi connectivity index (χ1) is 7.49. The van der Waals surface area contributed by atoms with Crippen molar-refractivity contribution in [1.29, 1.82) is 0 Å². The molecule has 0 heterocycles. The minimum atomic E-state index is 0.199. The molecular weight excluding hydrogens is 200 g/mol. The summed E-state index contributed by atoms with van der Waals surface area (Å²) < 4.78 is 0. The Morgan fingerprint density at radius 3 is 2.62 bits per heavy atom. The zero-order valence-corrected chi connectivity index (χ0v) is 10.5. The Hall–Kier alpha value is -0.570. The minimum Gasteiger partial charge on any atom is -0.356 e. The van der Waals surface area contributed by atoms with Gasteiger partial charge in [0.1, 0.15) is 0 Å². The molecule has 2 aliphatic carbocycles. The topological polar surface area (TPSA) is 55.1 Å². The number of carbonyl (C=O) groups is 1. The molecule has 2 saturated carbocycles. The third kappa shape index (κ3) is 2.76. The largest absolute Gasteiger partial charge is 0.356 e. The van der Waals surface area contributed by atoms with E-state index in [1.165, 1.54) is 12.8 Å². The summed E-state index contributed by atoms with van der Waals surface area (Å²) in [6.07, 6.45) is 5.29. The molecule has 2 rings (SSSR count). The summed E-state index contributed by atoms with van der Waals surface area (Å²) in [6, 6.07) is 0.253. The molecule has 0 aromatic rings. The molecule has 1 unspecified atom stereocenters. The van der Waals surface area contributed by atoms with Gasteiger partial charge in [0.2, 0.25) is 5.91 Å². The quantitative estimate of drug-likeness (QED) is 0.763. The van der Waals surface area contributed by atoms with Crippen molar-refractivity contribution in [2.24, 2.45) is 23.0 Å². The third-order valence-electron chi connectivity index (χ3n) is 4.43. The highest BCUT2D eigenvalue weighted by Crippen LogP contribution is 2.50. The lowest BCUT2D eigenvalue weighted by Crippen LogP contribution is -2.32. The summed E-state index contributed by atoms with van der Waals surface area (Å²) in [5.74, 6) is 1.31. The molecule has 1 amide bonds. The van der Waals surface area contributed by atoms with E-state index in [9.17, 15) is 4.79 Å². The average molecular weight is 224 g/mol. The first kappa shape index (κ1) is 11.9. The van der Waals surface area contributed by atoms with Crippen LogP contribution >= 0.6 is 0 Å². The van der Waals surface area contributed by atoms with Gasteiger partial charge in [-0.25, -0.2) is 0 Å².